The van der Waals surface area contributed by atoms with Crippen molar-refractivity contribution >= 4 is 0 Å². The lowest BCUT2D eigenvalue weighted by molar-refractivity contribution is 0.307. The molecule has 0 saturated carbocycles. The fraction of sp³-hybridized carbons (Fsp3) is 0.500. The number of rotatable bonds is 2. The van der Waals surface area contributed by atoms with Gasteiger partial charge in [-0.25, -0.2) is 0 Å². The molecule has 2 heterocycles. The van der Waals surface area contributed by atoms with Gasteiger partial charge in [0.1, 0.15) is 0 Å². The average Bonchev–Trinajstić information content (AvgIpc) is 2.89. The van der Waals surface area contributed by atoms with Crippen LogP contribution in [0.25, 0.3) is 0 Å². The van der Waals surface area contributed by atoms with Gasteiger partial charge in [0, 0.05) is 13.1 Å². The molecule has 1 aliphatic heterocycles. The molecule has 1 aliphatic rings. The molecule has 1 fully saturated rings. The molecule has 2 aromatic rings. The van der Waals surface area contributed by atoms with Crippen molar-refractivity contribution in [3.8, 4) is 0 Å². The molecule has 4 nitrogen and oxygen atoms in total. The Labute approximate surface area is 119 Å². The zero-order valence-electron chi connectivity index (χ0n) is 12.3. The van der Waals surface area contributed by atoms with Gasteiger partial charge in [0.25, 0.3) is 0 Å². The minimum absolute atomic E-state index is 0.316. The Balaban J connectivity index is 1.79. The molecule has 1 N–H and O–H groups in total. The molecular weight excluding hydrogens is 250 g/mol. The minimum Gasteiger partial charge on any atom is -0.339 e. The van der Waals surface area contributed by atoms with Crippen LogP contribution >= 0.6 is 0 Å². The van der Waals surface area contributed by atoms with Crippen molar-refractivity contribution in [1.29, 1.82) is 0 Å². The lowest BCUT2D eigenvalue weighted by atomic mass is 9.84. The van der Waals surface area contributed by atoms with E-state index in [-0.39, 0.29) is 0 Å². The Bertz CT molecular complexity index is 606. The van der Waals surface area contributed by atoms with E-state index in [1.165, 1.54) is 16.7 Å². The summed E-state index contributed by atoms with van der Waals surface area (Å²) in [6.07, 6.45) is 1.07. The lowest BCUT2D eigenvalue weighted by Gasteiger charge is -2.28. The molecule has 2 unspecified atom stereocenters. The van der Waals surface area contributed by atoms with Gasteiger partial charge in [0.15, 0.2) is 5.82 Å². The number of aromatic nitrogens is 2. The van der Waals surface area contributed by atoms with Gasteiger partial charge in [0.2, 0.25) is 5.89 Å². The molecule has 20 heavy (non-hydrogen) atoms. The van der Waals surface area contributed by atoms with Gasteiger partial charge in [-0.3, -0.25) is 0 Å². The van der Waals surface area contributed by atoms with Crippen molar-refractivity contribution in [2.45, 2.75) is 39.0 Å². The fourth-order valence-corrected chi connectivity index (χ4v) is 2.88. The summed E-state index contributed by atoms with van der Waals surface area (Å²) < 4.78 is 5.33. The van der Waals surface area contributed by atoms with E-state index in [0.29, 0.717) is 17.7 Å². The number of benzene rings is 1. The third-order valence-corrected chi connectivity index (χ3v) is 4.25. The van der Waals surface area contributed by atoms with Crippen LogP contribution in [0.1, 0.15) is 46.7 Å². The summed E-state index contributed by atoms with van der Waals surface area (Å²) in [4.78, 5) is 4.38. The predicted octanol–water partition coefficient (Wildman–Crippen LogP) is 2.86. The largest absolute Gasteiger partial charge is 0.339 e. The van der Waals surface area contributed by atoms with Gasteiger partial charge in [0.05, 0.1) is 5.92 Å². The Morgan fingerprint density at radius 1 is 1.10 bits per heavy atom. The summed E-state index contributed by atoms with van der Waals surface area (Å²) in [6, 6.07) is 6.77. The van der Waals surface area contributed by atoms with Crippen LogP contribution in [0, 0.1) is 20.8 Å². The highest BCUT2D eigenvalue weighted by Gasteiger charge is 2.27. The SMILES string of the molecule is Cc1noc(C2CNCC(c3ccc(C)c(C)c3)C2)n1. The van der Waals surface area contributed by atoms with Crippen molar-refractivity contribution < 1.29 is 4.52 Å². The Morgan fingerprint density at radius 3 is 2.60 bits per heavy atom. The van der Waals surface area contributed by atoms with Crippen molar-refractivity contribution in [1.82, 2.24) is 15.5 Å². The molecule has 1 aromatic carbocycles. The zero-order valence-corrected chi connectivity index (χ0v) is 12.3. The van der Waals surface area contributed by atoms with Crippen molar-refractivity contribution in [2.24, 2.45) is 0 Å². The maximum Gasteiger partial charge on any atom is 0.231 e. The fourth-order valence-electron chi connectivity index (χ4n) is 2.88. The Morgan fingerprint density at radius 2 is 1.90 bits per heavy atom. The summed E-state index contributed by atoms with van der Waals surface area (Å²) >= 11 is 0. The number of hydrogen-bond acceptors (Lipinski definition) is 4. The quantitative estimate of drug-likeness (QED) is 0.912. The summed E-state index contributed by atoms with van der Waals surface area (Å²) in [5.41, 5.74) is 4.11. The summed E-state index contributed by atoms with van der Waals surface area (Å²) in [7, 11) is 0. The van der Waals surface area contributed by atoms with Gasteiger partial charge in [-0.2, -0.15) is 4.98 Å². The Kier molecular flexibility index (Phi) is 3.57. The van der Waals surface area contributed by atoms with Gasteiger partial charge in [-0.1, -0.05) is 23.4 Å². The monoisotopic (exact) mass is 271 g/mol. The second-order valence-corrected chi connectivity index (χ2v) is 5.81. The number of nitrogens with one attached hydrogen (secondary N) is 1. The molecule has 0 bridgehead atoms. The summed E-state index contributed by atoms with van der Waals surface area (Å²) in [6.45, 7) is 8.13. The van der Waals surface area contributed by atoms with Crippen LogP contribution in [-0.4, -0.2) is 23.2 Å². The lowest BCUT2D eigenvalue weighted by Crippen LogP contribution is -2.34. The third kappa shape index (κ3) is 2.61. The molecule has 4 heteroatoms. The molecule has 0 spiro atoms. The number of aryl methyl sites for hydroxylation is 3. The van der Waals surface area contributed by atoms with E-state index < -0.39 is 0 Å². The van der Waals surface area contributed by atoms with Crippen LogP contribution < -0.4 is 5.32 Å². The van der Waals surface area contributed by atoms with Gasteiger partial charge in [-0.15, -0.1) is 0 Å². The molecule has 1 aromatic heterocycles. The highest BCUT2D eigenvalue weighted by Crippen LogP contribution is 2.32. The first-order valence-electron chi connectivity index (χ1n) is 7.21. The molecule has 2 atom stereocenters. The topological polar surface area (TPSA) is 51.0 Å². The van der Waals surface area contributed by atoms with E-state index in [4.69, 9.17) is 4.52 Å². The molecule has 0 radical (unpaired) electrons. The summed E-state index contributed by atoms with van der Waals surface area (Å²) in [5, 5.41) is 7.40. The molecule has 1 saturated heterocycles. The first kappa shape index (κ1) is 13.3. The van der Waals surface area contributed by atoms with E-state index in [1.807, 2.05) is 6.92 Å². The van der Waals surface area contributed by atoms with Crippen LogP contribution in [0.5, 0.6) is 0 Å². The van der Waals surface area contributed by atoms with Crippen molar-refractivity contribution in [3.63, 3.8) is 0 Å². The van der Waals surface area contributed by atoms with Crippen LogP contribution in [0.4, 0.5) is 0 Å². The van der Waals surface area contributed by atoms with E-state index in [9.17, 15) is 0 Å². The normalized spacial score (nSPS) is 22.9. The number of hydrogen-bond donors (Lipinski definition) is 1. The second-order valence-electron chi connectivity index (χ2n) is 5.81. The molecule has 0 aliphatic carbocycles. The number of nitrogens with zero attached hydrogens (tertiary/aromatic N) is 2. The van der Waals surface area contributed by atoms with Gasteiger partial charge >= 0.3 is 0 Å². The van der Waals surface area contributed by atoms with E-state index in [1.54, 1.807) is 0 Å². The van der Waals surface area contributed by atoms with Crippen molar-refractivity contribution in [2.75, 3.05) is 13.1 Å². The predicted molar refractivity (Wildman–Crippen MR) is 77.9 cm³/mol. The van der Waals surface area contributed by atoms with Gasteiger partial charge < -0.3 is 9.84 Å². The van der Waals surface area contributed by atoms with E-state index >= 15 is 0 Å². The first-order chi connectivity index (χ1) is 9.63. The highest BCUT2D eigenvalue weighted by molar-refractivity contribution is 5.32. The highest BCUT2D eigenvalue weighted by atomic mass is 16.5. The molecule has 0 amide bonds. The molecule has 3 rings (SSSR count). The van der Waals surface area contributed by atoms with Crippen LogP contribution in [-0.2, 0) is 0 Å². The average molecular weight is 271 g/mol. The summed E-state index contributed by atoms with van der Waals surface area (Å²) in [5.74, 6) is 2.31. The van der Waals surface area contributed by atoms with Crippen LogP contribution in [0.3, 0.4) is 0 Å². The first-order valence-corrected chi connectivity index (χ1v) is 7.21. The van der Waals surface area contributed by atoms with Crippen molar-refractivity contribution in [3.05, 3.63) is 46.6 Å². The second kappa shape index (κ2) is 5.37. The molecule has 106 valence electrons. The smallest absolute Gasteiger partial charge is 0.231 e. The van der Waals surface area contributed by atoms with Gasteiger partial charge in [-0.05, 0) is 49.8 Å². The zero-order chi connectivity index (χ0) is 14.1. The van der Waals surface area contributed by atoms with Crippen LogP contribution in [0.15, 0.2) is 22.7 Å². The minimum atomic E-state index is 0.316. The maximum absolute atomic E-state index is 5.33. The maximum atomic E-state index is 5.33. The van der Waals surface area contributed by atoms with E-state index in [2.05, 4.69) is 47.5 Å². The van der Waals surface area contributed by atoms with E-state index in [0.717, 1.165) is 25.4 Å². The standard InChI is InChI=1S/C16H21N3O/c1-10-4-5-13(6-11(10)2)14-7-15(9-17-8-14)16-18-12(3)19-20-16/h4-6,14-15,17H,7-9H2,1-3H3. The Hall–Kier alpha value is -1.68. The van der Waals surface area contributed by atoms with Crippen LogP contribution in [0.2, 0.25) is 0 Å². The molecular formula is C16H21N3O. The third-order valence-electron chi connectivity index (χ3n) is 4.25. The number of piperidine rings is 1.